The molecular weight excluding hydrogens is 300 g/mol. The first kappa shape index (κ1) is 16.9. The van der Waals surface area contributed by atoms with E-state index in [2.05, 4.69) is 26.7 Å². The Bertz CT molecular complexity index is 605. The zero-order valence-electron chi connectivity index (χ0n) is 14.6. The Morgan fingerprint density at radius 2 is 2.04 bits per heavy atom. The van der Waals surface area contributed by atoms with Gasteiger partial charge in [-0.15, -0.1) is 0 Å². The molecule has 5 heteroatoms. The molecule has 0 spiro atoms. The molecule has 0 aromatic carbocycles. The monoisotopic (exact) mass is 328 g/mol. The van der Waals surface area contributed by atoms with Crippen LogP contribution in [0, 0.1) is 6.92 Å². The van der Waals surface area contributed by atoms with E-state index < -0.39 is 0 Å². The van der Waals surface area contributed by atoms with E-state index in [-0.39, 0.29) is 5.91 Å². The van der Waals surface area contributed by atoms with E-state index in [0.717, 1.165) is 25.0 Å². The molecule has 1 fully saturated rings. The van der Waals surface area contributed by atoms with Gasteiger partial charge in [-0.05, 0) is 57.9 Å². The number of amides is 1. The molecule has 130 valence electrons. The molecule has 1 aromatic rings. The van der Waals surface area contributed by atoms with Gasteiger partial charge >= 0.3 is 0 Å². The fourth-order valence-electron chi connectivity index (χ4n) is 3.56. The van der Waals surface area contributed by atoms with Crippen molar-refractivity contribution in [2.75, 3.05) is 11.9 Å². The van der Waals surface area contributed by atoms with Gasteiger partial charge in [0.15, 0.2) is 0 Å². The van der Waals surface area contributed by atoms with Crippen molar-refractivity contribution in [1.29, 1.82) is 0 Å². The van der Waals surface area contributed by atoms with Crippen molar-refractivity contribution in [3.8, 4) is 0 Å². The highest BCUT2D eigenvalue weighted by Gasteiger charge is 2.17. The van der Waals surface area contributed by atoms with Crippen molar-refractivity contribution >= 4 is 11.9 Å². The Morgan fingerprint density at radius 3 is 2.79 bits per heavy atom. The fourth-order valence-corrected chi connectivity index (χ4v) is 3.56. The number of aromatic nitrogens is 2. The number of nitrogens with zero attached hydrogens (tertiary/aromatic N) is 2. The van der Waals surface area contributed by atoms with E-state index in [9.17, 15) is 4.79 Å². The number of carbonyl (C=O) groups excluding carboxylic acids is 1. The van der Waals surface area contributed by atoms with Crippen molar-refractivity contribution < 1.29 is 4.79 Å². The third-order valence-corrected chi connectivity index (χ3v) is 4.89. The molecule has 2 N–H and O–H groups in total. The summed E-state index contributed by atoms with van der Waals surface area (Å²) in [4.78, 5) is 21.2. The van der Waals surface area contributed by atoms with Gasteiger partial charge in [-0.1, -0.05) is 24.5 Å². The molecule has 1 amide bonds. The minimum atomic E-state index is -0.105. The number of hydrogen-bond acceptors (Lipinski definition) is 4. The second kappa shape index (κ2) is 8.27. The molecule has 0 unspecified atom stereocenters. The zero-order chi connectivity index (χ0) is 16.8. The molecule has 0 radical (unpaired) electrons. The van der Waals surface area contributed by atoms with Crippen LogP contribution in [0.4, 0.5) is 5.95 Å². The van der Waals surface area contributed by atoms with E-state index in [1.165, 1.54) is 44.1 Å². The SMILES string of the molecule is Cc1cc(C(=O)NCCC2=CCCCC2)nc(NC2CCCC2)n1. The van der Waals surface area contributed by atoms with Crippen LogP contribution in [0.3, 0.4) is 0 Å². The van der Waals surface area contributed by atoms with Gasteiger partial charge in [0.05, 0.1) is 0 Å². The lowest BCUT2D eigenvalue weighted by atomic mass is 9.97. The summed E-state index contributed by atoms with van der Waals surface area (Å²) in [6, 6.07) is 2.20. The first-order valence-electron chi connectivity index (χ1n) is 9.29. The highest BCUT2D eigenvalue weighted by atomic mass is 16.1. The van der Waals surface area contributed by atoms with Gasteiger partial charge in [-0.3, -0.25) is 4.79 Å². The number of hydrogen-bond donors (Lipinski definition) is 2. The van der Waals surface area contributed by atoms with Crippen molar-refractivity contribution in [2.24, 2.45) is 0 Å². The van der Waals surface area contributed by atoms with Crippen LogP contribution in [0.25, 0.3) is 0 Å². The van der Waals surface area contributed by atoms with E-state index in [1.807, 2.05) is 6.92 Å². The first-order chi connectivity index (χ1) is 11.7. The largest absolute Gasteiger partial charge is 0.351 e. The Balaban J connectivity index is 1.55. The third kappa shape index (κ3) is 4.79. The van der Waals surface area contributed by atoms with Crippen molar-refractivity contribution in [3.63, 3.8) is 0 Å². The topological polar surface area (TPSA) is 66.9 Å². The number of rotatable bonds is 6. The van der Waals surface area contributed by atoms with E-state index in [4.69, 9.17) is 0 Å². The summed E-state index contributed by atoms with van der Waals surface area (Å²) < 4.78 is 0. The molecule has 3 rings (SSSR count). The van der Waals surface area contributed by atoms with Gasteiger partial charge in [-0.25, -0.2) is 9.97 Å². The van der Waals surface area contributed by atoms with Crippen LogP contribution in [-0.2, 0) is 0 Å². The third-order valence-electron chi connectivity index (χ3n) is 4.89. The van der Waals surface area contributed by atoms with Gasteiger partial charge in [-0.2, -0.15) is 0 Å². The molecular formula is C19H28N4O. The summed E-state index contributed by atoms with van der Waals surface area (Å²) in [6.45, 7) is 2.59. The number of anilines is 1. The number of carbonyl (C=O) groups is 1. The molecule has 5 nitrogen and oxygen atoms in total. The lowest BCUT2D eigenvalue weighted by molar-refractivity contribution is 0.0949. The second-order valence-electron chi connectivity index (χ2n) is 6.96. The molecule has 1 saturated carbocycles. The Hall–Kier alpha value is -1.91. The number of nitrogens with one attached hydrogen (secondary N) is 2. The summed E-state index contributed by atoms with van der Waals surface area (Å²) in [6.07, 6.45) is 13.1. The minimum absolute atomic E-state index is 0.105. The van der Waals surface area contributed by atoms with Crippen molar-refractivity contribution in [1.82, 2.24) is 15.3 Å². The Labute approximate surface area is 144 Å². The van der Waals surface area contributed by atoms with Crippen LogP contribution in [0.1, 0.15) is 74.0 Å². The van der Waals surface area contributed by atoms with Crippen molar-refractivity contribution in [2.45, 2.75) is 70.8 Å². The maximum atomic E-state index is 12.4. The van der Waals surface area contributed by atoms with Crippen LogP contribution in [0.2, 0.25) is 0 Å². The van der Waals surface area contributed by atoms with Gasteiger partial charge in [0.1, 0.15) is 5.69 Å². The predicted octanol–water partition coefficient (Wildman–Crippen LogP) is 3.76. The van der Waals surface area contributed by atoms with Crippen LogP contribution in [0.15, 0.2) is 17.7 Å². The highest BCUT2D eigenvalue weighted by molar-refractivity contribution is 5.92. The molecule has 0 atom stereocenters. The van der Waals surface area contributed by atoms with Gasteiger partial charge in [0.2, 0.25) is 5.95 Å². The summed E-state index contributed by atoms with van der Waals surface area (Å²) >= 11 is 0. The van der Waals surface area contributed by atoms with Crippen LogP contribution in [0.5, 0.6) is 0 Å². The van der Waals surface area contributed by atoms with E-state index >= 15 is 0 Å². The normalized spacial score (nSPS) is 18.3. The average molecular weight is 328 g/mol. The second-order valence-corrected chi connectivity index (χ2v) is 6.96. The molecule has 0 saturated heterocycles. The number of aryl methyl sites for hydroxylation is 1. The van der Waals surface area contributed by atoms with Crippen LogP contribution < -0.4 is 10.6 Å². The first-order valence-corrected chi connectivity index (χ1v) is 9.29. The summed E-state index contributed by atoms with van der Waals surface area (Å²) in [5.41, 5.74) is 2.76. The molecule has 0 bridgehead atoms. The van der Waals surface area contributed by atoms with E-state index in [1.54, 1.807) is 6.07 Å². The minimum Gasteiger partial charge on any atom is -0.351 e. The average Bonchev–Trinajstić information content (AvgIpc) is 3.08. The molecule has 0 aliphatic heterocycles. The zero-order valence-corrected chi connectivity index (χ0v) is 14.6. The van der Waals surface area contributed by atoms with Crippen molar-refractivity contribution in [3.05, 3.63) is 29.1 Å². The maximum Gasteiger partial charge on any atom is 0.270 e. The molecule has 24 heavy (non-hydrogen) atoms. The molecule has 2 aliphatic rings. The summed E-state index contributed by atoms with van der Waals surface area (Å²) in [5, 5.41) is 6.37. The molecule has 2 aliphatic carbocycles. The maximum absolute atomic E-state index is 12.4. The number of allylic oxidation sites excluding steroid dienone is 1. The fraction of sp³-hybridized carbons (Fsp3) is 0.632. The lowest BCUT2D eigenvalue weighted by Crippen LogP contribution is -2.27. The summed E-state index contributed by atoms with van der Waals surface area (Å²) in [5.74, 6) is 0.480. The lowest BCUT2D eigenvalue weighted by Gasteiger charge is -2.14. The van der Waals surface area contributed by atoms with Gasteiger partial charge in [0.25, 0.3) is 5.91 Å². The van der Waals surface area contributed by atoms with Crippen LogP contribution >= 0.6 is 0 Å². The summed E-state index contributed by atoms with van der Waals surface area (Å²) in [7, 11) is 0. The Kier molecular flexibility index (Phi) is 5.83. The quantitative estimate of drug-likeness (QED) is 0.780. The smallest absolute Gasteiger partial charge is 0.270 e. The highest BCUT2D eigenvalue weighted by Crippen LogP contribution is 2.21. The predicted molar refractivity (Wildman–Crippen MR) is 96.1 cm³/mol. The van der Waals surface area contributed by atoms with Crippen LogP contribution in [-0.4, -0.2) is 28.5 Å². The van der Waals surface area contributed by atoms with E-state index in [0.29, 0.717) is 24.2 Å². The standard InChI is InChI=1S/C19H28N4O/c1-14-13-17(23-19(21-14)22-16-9-5-6-10-16)18(24)20-12-11-15-7-3-2-4-8-15/h7,13,16H,2-6,8-12H2,1H3,(H,20,24)(H,21,22,23). The molecule has 1 heterocycles. The Morgan fingerprint density at radius 1 is 1.21 bits per heavy atom. The molecule has 1 aromatic heterocycles. The van der Waals surface area contributed by atoms with Gasteiger partial charge in [0, 0.05) is 18.3 Å². The van der Waals surface area contributed by atoms with Gasteiger partial charge < -0.3 is 10.6 Å².